The minimum atomic E-state index is -0.300. The zero-order valence-corrected chi connectivity index (χ0v) is 14.4. The Bertz CT molecular complexity index is 1030. The summed E-state index contributed by atoms with van der Waals surface area (Å²) in [4.78, 5) is 16.3. The third-order valence-electron chi connectivity index (χ3n) is 4.04. The number of benzene rings is 2. The molecular weight excluding hydrogens is 340 g/mol. The Morgan fingerprint density at radius 2 is 1.56 bits per heavy atom. The highest BCUT2D eigenvalue weighted by Gasteiger charge is 2.12. The molecule has 0 aliphatic carbocycles. The van der Waals surface area contributed by atoms with Gasteiger partial charge in [-0.1, -0.05) is 47.6 Å². The summed E-state index contributed by atoms with van der Waals surface area (Å²) in [6.45, 7) is 0. The van der Waals surface area contributed by atoms with Gasteiger partial charge in [0.15, 0.2) is 0 Å². The van der Waals surface area contributed by atoms with Gasteiger partial charge in [0.2, 0.25) is 5.89 Å². The maximum absolute atomic E-state index is 12.4. The molecule has 4 aromatic rings. The number of hydrogen-bond donors (Lipinski definition) is 1. The largest absolute Gasteiger partial charge is 0.403 e. The number of amides is 1. The SMILES string of the molecule is O=C(Nc1nnc(-c2ccncc2)o1)c1ccc(Cc2ccccc2)cc1. The van der Waals surface area contributed by atoms with Crippen molar-refractivity contribution in [3.63, 3.8) is 0 Å². The van der Waals surface area contributed by atoms with Gasteiger partial charge < -0.3 is 4.42 Å². The molecule has 0 atom stereocenters. The summed E-state index contributed by atoms with van der Waals surface area (Å²) in [6.07, 6.45) is 4.09. The van der Waals surface area contributed by atoms with Crippen molar-refractivity contribution in [2.45, 2.75) is 6.42 Å². The zero-order chi connectivity index (χ0) is 18.5. The van der Waals surface area contributed by atoms with E-state index in [0.29, 0.717) is 11.5 Å². The van der Waals surface area contributed by atoms with Crippen LogP contribution in [0.2, 0.25) is 0 Å². The van der Waals surface area contributed by atoms with E-state index >= 15 is 0 Å². The molecule has 0 saturated heterocycles. The summed E-state index contributed by atoms with van der Waals surface area (Å²) in [5.41, 5.74) is 3.62. The average Bonchev–Trinajstić information content (AvgIpc) is 3.18. The summed E-state index contributed by atoms with van der Waals surface area (Å²) in [5, 5.41) is 10.4. The molecule has 1 amide bonds. The van der Waals surface area contributed by atoms with Gasteiger partial charge in [-0.2, -0.15) is 0 Å². The number of nitrogens with one attached hydrogen (secondary N) is 1. The van der Waals surface area contributed by atoms with Crippen LogP contribution in [0.25, 0.3) is 11.5 Å². The van der Waals surface area contributed by atoms with Crippen LogP contribution in [0.4, 0.5) is 6.01 Å². The molecule has 1 N–H and O–H groups in total. The number of anilines is 1. The van der Waals surface area contributed by atoms with E-state index in [0.717, 1.165) is 17.5 Å². The van der Waals surface area contributed by atoms with Gasteiger partial charge in [0.1, 0.15) is 0 Å². The third-order valence-corrected chi connectivity index (χ3v) is 4.04. The van der Waals surface area contributed by atoms with Crippen molar-refractivity contribution in [3.8, 4) is 11.5 Å². The van der Waals surface area contributed by atoms with E-state index in [1.165, 1.54) is 5.56 Å². The van der Waals surface area contributed by atoms with Gasteiger partial charge in [0.25, 0.3) is 5.91 Å². The fraction of sp³-hybridized carbons (Fsp3) is 0.0476. The number of carbonyl (C=O) groups excluding carboxylic acids is 1. The van der Waals surface area contributed by atoms with E-state index in [1.807, 2.05) is 30.3 Å². The van der Waals surface area contributed by atoms with Crippen LogP contribution in [0, 0.1) is 0 Å². The lowest BCUT2D eigenvalue weighted by atomic mass is 10.0. The molecule has 2 aromatic carbocycles. The quantitative estimate of drug-likeness (QED) is 0.585. The summed E-state index contributed by atoms with van der Waals surface area (Å²) in [5.74, 6) is 0.0251. The first-order chi connectivity index (χ1) is 13.3. The molecule has 2 aromatic heterocycles. The predicted molar refractivity (Wildman–Crippen MR) is 101 cm³/mol. The van der Waals surface area contributed by atoms with Crippen LogP contribution in [-0.4, -0.2) is 21.1 Å². The van der Waals surface area contributed by atoms with E-state index in [1.54, 1.807) is 36.7 Å². The second kappa shape index (κ2) is 7.61. The van der Waals surface area contributed by atoms with Crippen LogP contribution in [0.3, 0.4) is 0 Å². The van der Waals surface area contributed by atoms with Gasteiger partial charge in [-0.05, 0) is 41.8 Å². The van der Waals surface area contributed by atoms with Gasteiger partial charge in [-0.3, -0.25) is 15.1 Å². The Kier molecular flexibility index (Phi) is 4.70. The topological polar surface area (TPSA) is 80.9 Å². The van der Waals surface area contributed by atoms with Crippen molar-refractivity contribution in [3.05, 3.63) is 95.8 Å². The van der Waals surface area contributed by atoms with E-state index in [4.69, 9.17) is 4.42 Å². The minimum absolute atomic E-state index is 0.0557. The molecule has 0 unspecified atom stereocenters. The molecule has 132 valence electrons. The van der Waals surface area contributed by atoms with E-state index in [9.17, 15) is 4.79 Å². The summed E-state index contributed by atoms with van der Waals surface area (Å²) < 4.78 is 5.48. The van der Waals surface area contributed by atoms with Crippen molar-refractivity contribution in [1.29, 1.82) is 0 Å². The Morgan fingerprint density at radius 3 is 2.30 bits per heavy atom. The molecule has 6 heteroatoms. The molecule has 0 spiro atoms. The monoisotopic (exact) mass is 356 g/mol. The number of pyridine rings is 1. The van der Waals surface area contributed by atoms with Gasteiger partial charge in [0, 0.05) is 23.5 Å². The van der Waals surface area contributed by atoms with Crippen molar-refractivity contribution >= 4 is 11.9 Å². The summed E-state index contributed by atoms with van der Waals surface area (Å²) >= 11 is 0. The maximum Gasteiger partial charge on any atom is 0.322 e. The Hall–Kier alpha value is -3.80. The molecule has 2 heterocycles. The van der Waals surface area contributed by atoms with Crippen LogP contribution in [0.1, 0.15) is 21.5 Å². The molecule has 0 radical (unpaired) electrons. The van der Waals surface area contributed by atoms with Gasteiger partial charge in [-0.25, -0.2) is 0 Å². The smallest absolute Gasteiger partial charge is 0.322 e. The lowest BCUT2D eigenvalue weighted by Crippen LogP contribution is -2.12. The normalized spacial score (nSPS) is 10.5. The summed E-state index contributed by atoms with van der Waals surface area (Å²) in [6, 6.07) is 21.2. The second-order valence-corrected chi connectivity index (χ2v) is 5.96. The first kappa shape index (κ1) is 16.7. The van der Waals surface area contributed by atoms with Crippen LogP contribution < -0.4 is 5.32 Å². The molecule has 0 aliphatic heterocycles. The number of rotatable bonds is 5. The Balaban J connectivity index is 1.42. The average molecular weight is 356 g/mol. The second-order valence-electron chi connectivity index (χ2n) is 5.96. The highest BCUT2D eigenvalue weighted by Crippen LogP contribution is 2.19. The van der Waals surface area contributed by atoms with Gasteiger partial charge >= 0.3 is 6.01 Å². The highest BCUT2D eigenvalue weighted by molar-refractivity contribution is 6.03. The number of nitrogens with zero attached hydrogens (tertiary/aromatic N) is 3. The first-order valence-corrected chi connectivity index (χ1v) is 8.46. The van der Waals surface area contributed by atoms with Crippen molar-refractivity contribution in [2.75, 3.05) is 5.32 Å². The molecule has 6 nitrogen and oxygen atoms in total. The van der Waals surface area contributed by atoms with Crippen LogP contribution in [0.15, 0.2) is 83.5 Å². The van der Waals surface area contributed by atoms with Crippen molar-refractivity contribution in [1.82, 2.24) is 15.2 Å². The Morgan fingerprint density at radius 1 is 0.852 bits per heavy atom. The van der Waals surface area contributed by atoms with E-state index in [-0.39, 0.29) is 11.9 Å². The van der Waals surface area contributed by atoms with Crippen molar-refractivity contribution in [2.24, 2.45) is 0 Å². The molecular formula is C21H16N4O2. The van der Waals surface area contributed by atoms with Crippen LogP contribution in [-0.2, 0) is 6.42 Å². The number of carbonyl (C=O) groups is 1. The Labute approximate surface area is 155 Å². The van der Waals surface area contributed by atoms with Crippen LogP contribution in [0.5, 0.6) is 0 Å². The minimum Gasteiger partial charge on any atom is -0.403 e. The fourth-order valence-corrected chi connectivity index (χ4v) is 2.66. The molecule has 0 saturated carbocycles. The predicted octanol–water partition coefficient (Wildman–Crippen LogP) is 3.97. The molecule has 4 rings (SSSR count). The standard InChI is InChI=1S/C21H16N4O2/c26-19(23-21-25-24-20(27-21)18-10-12-22-13-11-18)17-8-6-16(7-9-17)14-15-4-2-1-3-5-15/h1-13H,14H2,(H,23,25,26). The molecule has 27 heavy (non-hydrogen) atoms. The lowest BCUT2D eigenvalue weighted by molar-refractivity contribution is 0.102. The third kappa shape index (κ3) is 4.07. The number of aromatic nitrogens is 3. The maximum atomic E-state index is 12.4. The lowest BCUT2D eigenvalue weighted by Gasteiger charge is -2.04. The van der Waals surface area contributed by atoms with E-state index < -0.39 is 0 Å². The highest BCUT2D eigenvalue weighted by atomic mass is 16.4. The fourth-order valence-electron chi connectivity index (χ4n) is 2.66. The molecule has 0 fully saturated rings. The summed E-state index contributed by atoms with van der Waals surface area (Å²) in [7, 11) is 0. The van der Waals surface area contributed by atoms with Gasteiger partial charge in [0.05, 0.1) is 0 Å². The number of hydrogen-bond acceptors (Lipinski definition) is 5. The molecule has 0 aliphatic rings. The first-order valence-electron chi connectivity index (χ1n) is 8.46. The van der Waals surface area contributed by atoms with Gasteiger partial charge in [-0.15, -0.1) is 5.10 Å². The zero-order valence-electron chi connectivity index (χ0n) is 14.4. The van der Waals surface area contributed by atoms with E-state index in [2.05, 4.69) is 32.6 Å². The van der Waals surface area contributed by atoms with Crippen molar-refractivity contribution < 1.29 is 9.21 Å². The van der Waals surface area contributed by atoms with Crippen LogP contribution >= 0.6 is 0 Å². The molecule has 0 bridgehead atoms.